The van der Waals surface area contributed by atoms with Crippen LogP contribution in [0, 0.1) is 6.92 Å². The van der Waals surface area contributed by atoms with Crippen LogP contribution in [-0.4, -0.2) is 25.1 Å². The van der Waals surface area contributed by atoms with Crippen molar-refractivity contribution in [3.63, 3.8) is 0 Å². The highest BCUT2D eigenvalue weighted by Gasteiger charge is 2.13. The van der Waals surface area contributed by atoms with E-state index >= 15 is 0 Å². The van der Waals surface area contributed by atoms with E-state index in [0.717, 1.165) is 5.56 Å². The molecular weight excluding hydrogens is 459 g/mol. The molecule has 10 heteroatoms. The predicted octanol–water partition coefficient (Wildman–Crippen LogP) is 4.37. The van der Waals surface area contributed by atoms with Gasteiger partial charge >= 0.3 is 5.97 Å². The van der Waals surface area contributed by atoms with Crippen LogP contribution < -0.4 is 5.56 Å². The first kappa shape index (κ1) is 21.3. The molecule has 4 aromatic rings. The Hall–Kier alpha value is -2.94. The highest BCUT2D eigenvalue weighted by molar-refractivity contribution is 7.15. The van der Waals surface area contributed by atoms with Crippen molar-refractivity contribution in [3.8, 4) is 0 Å². The second-order valence-corrected chi connectivity index (χ2v) is 8.26. The van der Waals surface area contributed by atoms with E-state index in [1.54, 1.807) is 35.3 Å². The largest absolute Gasteiger partial charge is 0.456 e. The van der Waals surface area contributed by atoms with Gasteiger partial charge in [0.15, 0.2) is 4.96 Å². The average molecular weight is 475 g/mol. The van der Waals surface area contributed by atoms with Crippen LogP contribution in [0.3, 0.4) is 0 Å². The second-order valence-electron chi connectivity index (χ2n) is 6.62. The summed E-state index contributed by atoms with van der Waals surface area (Å²) in [4.78, 5) is 29.0. The highest BCUT2D eigenvalue weighted by Crippen LogP contribution is 2.24. The van der Waals surface area contributed by atoms with Crippen LogP contribution in [0.15, 0.2) is 52.8 Å². The quantitative estimate of drug-likeness (QED) is 0.306. The first-order chi connectivity index (χ1) is 14.9. The third-order valence-electron chi connectivity index (χ3n) is 4.49. The van der Waals surface area contributed by atoms with Crippen molar-refractivity contribution in [1.82, 2.24) is 19.2 Å². The molecule has 0 aliphatic rings. The molecule has 0 radical (unpaired) electrons. The molecule has 3 heterocycles. The number of thiazole rings is 1. The number of fused-ring (bicyclic) bond motifs is 1. The maximum absolute atomic E-state index is 12.1. The molecule has 31 heavy (non-hydrogen) atoms. The molecule has 0 amide bonds. The molecule has 0 bridgehead atoms. The van der Waals surface area contributed by atoms with Crippen molar-refractivity contribution in [2.45, 2.75) is 20.1 Å². The second kappa shape index (κ2) is 9.05. The SMILES string of the molecule is Cc1nn(Cc2ccccc2Cl)c(Cl)c1/C=C/C(=O)OCc1cc(=O)n2ccsc2n1. The molecule has 3 aromatic heterocycles. The van der Waals surface area contributed by atoms with E-state index in [4.69, 9.17) is 27.9 Å². The fourth-order valence-corrected chi connectivity index (χ4v) is 4.19. The van der Waals surface area contributed by atoms with Crippen LogP contribution in [0.1, 0.15) is 22.5 Å². The van der Waals surface area contributed by atoms with Crippen LogP contribution in [0.2, 0.25) is 10.2 Å². The van der Waals surface area contributed by atoms with Gasteiger partial charge in [-0.25, -0.2) is 14.5 Å². The smallest absolute Gasteiger partial charge is 0.331 e. The number of aryl methyl sites for hydroxylation is 1. The van der Waals surface area contributed by atoms with Gasteiger partial charge in [-0.15, -0.1) is 11.3 Å². The van der Waals surface area contributed by atoms with Gasteiger partial charge < -0.3 is 4.74 Å². The summed E-state index contributed by atoms with van der Waals surface area (Å²) in [6.45, 7) is 2.10. The maximum Gasteiger partial charge on any atom is 0.331 e. The number of ether oxygens (including phenoxy) is 1. The molecule has 0 unspecified atom stereocenters. The van der Waals surface area contributed by atoms with Gasteiger partial charge in [0.1, 0.15) is 11.8 Å². The normalized spacial score (nSPS) is 11.5. The summed E-state index contributed by atoms with van der Waals surface area (Å²) in [7, 11) is 0. The van der Waals surface area contributed by atoms with Crippen LogP contribution in [0.25, 0.3) is 11.0 Å². The number of halogens is 2. The fourth-order valence-electron chi connectivity index (χ4n) is 2.96. The molecule has 1 aromatic carbocycles. The van der Waals surface area contributed by atoms with Crippen molar-refractivity contribution < 1.29 is 9.53 Å². The number of benzene rings is 1. The minimum Gasteiger partial charge on any atom is -0.456 e. The first-order valence-electron chi connectivity index (χ1n) is 9.19. The van der Waals surface area contributed by atoms with Crippen LogP contribution in [0.5, 0.6) is 0 Å². The van der Waals surface area contributed by atoms with Gasteiger partial charge in [0, 0.05) is 34.3 Å². The number of esters is 1. The molecule has 0 aliphatic carbocycles. The number of hydrogen-bond donors (Lipinski definition) is 0. The van der Waals surface area contributed by atoms with E-state index in [2.05, 4.69) is 10.1 Å². The van der Waals surface area contributed by atoms with Crippen molar-refractivity contribution in [2.75, 3.05) is 0 Å². The minimum absolute atomic E-state index is 0.106. The molecule has 0 fully saturated rings. The van der Waals surface area contributed by atoms with Crippen molar-refractivity contribution >= 4 is 51.5 Å². The van der Waals surface area contributed by atoms with Gasteiger partial charge in [-0.05, 0) is 24.6 Å². The van der Waals surface area contributed by atoms with Crippen molar-refractivity contribution in [1.29, 1.82) is 0 Å². The van der Waals surface area contributed by atoms with Gasteiger partial charge in [0.2, 0.25) is 0 Å². The Kier molecular flexibility index (Phi) is 6.22. The average Bonchev–Trinajstić information content (AvgIpc) is 3.32. The molecule has 7 nitrogen and oxygen atoms in total. The third-order valence-corrected chi connectivity index (χ3v) is 6.02. The lowest BCUT2D eigenvalue weighted by Crippen LogP contribution is -2.14. The monoisotopic (exact) mass is 474 g/mol. The molecule has 0 saturated carbocycles. The van der Waals surface area contributed by atoms with E-state index in [9.17, 15) is 9.59 Å². The lowest BCUT2D eigenvalue weighted by molar-refractivity contribution is -0.139. The Labute approximate surface area is 191 Å². The van der Waals surface area contributed by atoms with Crippen LogP contribution >= 0.6 is 34.5 Å². The molecule has 0 aliphatic heterocycles. The number of rotatable bonds is 6. The Morgan fingerprint density at radius 2 is 2.10 bits per heavy atom. The maximum atomic E-state index is 12.1. The van der Waals surface area contributed by atoms with Crippen LogP contribution in [0.4, 0.5) is 0 Å². The molecule has 158 valence electrons. The Balaban J connectivity index is 1.44. The topological polar surface area (TPSA) is 78.5 Å². The number of nitrogens with zero attached hydrogens (tertiary/aromatic N) is 4. The third kappa shape index (κ3) is 4.71. The molecule has 4 rings (SSSR count). The van der Waals surface area contributed by atoms with Gasteiger partial charge in [0.25, 0.3) is 5.56 Å². The van der Waals surface area contributed by atoms with Gasteiger partial charge in [-0.2, -0.15) is 5.10 Å². The Morgan fingerprint density at radius 1 is 1.29 bits per heavy atom. The summed E-state index contributed by atoms with van der Waals surface area (Å²) in [6.07, 6.45) is 4.47. The van der Waals surface area contributed by atoms with Crippen molar-refractivity contribution in [2.24, 2.45) is 0 Å². The Morgan fingerprint density at radius 3 is 2.90 bits per heavy atom. The zero-order valence-corrected chi connectivity index (χ0v) is 18.6. The van der Waals surface area contributed by atoms with Gasteiger partial charge in [0.05, 0.1) is 17.9 Å². The lowest BCUT2D eigenvalue weighted by atomic mass is 10.2. The standard InChI is InChI=1S/C21H16Cl2N4O3S/c1-13-16(20(23)27(25-13)11-14-4-2-3-5-17(14)22)6-7-19(29)30-12-15-10-18(28)26-8-9-31-21(26)24-15/h2-10H,11-12H2,1H3/b7-6+. The Bertz CT molecular complexity index is 1360. The van der Waals surface area contributed by atoms with Gasteiger partial charge in [-0.1, -0.05) is 41.4 Å². The zero-order chi connectivity index (χ0) is 22.0. The van der Waals surface area contributed by atoms with E-state index < -0.39 is 5.97 Å². The summed E-state index contributed by atoms with van der Waals surface area (Å²) in [5.41, 5.74) is 2.33. The number of carbonyl (C=O) groups excluding carboxylic acids is 1. The van der Waals surface area contributed by atoms with Crippen LogP contribution in [-0.2, 0) is 22.7 Å². The number of carbonyl (C=O) groups is 1. The van der Waals surface area contributed by atoms with Crippen molar-refractivity contribution in [3.05, 3.63) is 91.0 Å². The molecular formula is C21H16Cl2N4O3S. The minimum atomic E-state index is -0.581. The van der Waals surface area contributed by atoms with E-state index in [-0.39, 0.29) is 12.2 Å². The molecule has 0 N–H and O–H groups in total. The van der Waals surface area contributed by atoms with E-state index in [0.29, 0.717) is 38.6 Å². The zero-order valence-electron chi connectivity index (χ0n) is 16.3. The predicted molar refractivity (Wildman–Crippen MR) is 121 cm³/mol. The summed E-state index contributed by atoms with van der Waals surface area (Å²) < 4.78 is 8.26. The summed E-state index contributed by atoms with van der Waals surface area (Å²) in [6, 6.07) is 8.79. The molecule has 0 atom stereocenters. The lowest BCUT2D eigenvalue weighted by Gasteiger charge is -2.05. The van der Waals surface area contributed by atoms with E-state index in [1.807, 2.05) is 18.2 Å². The number of hydrogen-bond acceptors (Lipinski definition) is 6. The molecule has 0 spiro atoms. The summed E-state index contributed by atoms with van der Waals surface area (Å²) in [5.74, 6) is -0.581. The van der Waals surface area contributed by atoms with E-state index in [1.165, 1.54) is 27.9 Å². The summed E-state index contributed by atoms with van der Waals surface area (Å²) >= 11 is 14.0. The summed E-state index contributed by atoms with van der Waals surface area (Å²) in [5, 5.41) is 7.21. The first-order valence-corrected chi connectivity index (χ1v) is 10.8. The molecule has 0 saturated heterocycles. The number of aromatic nitrogens is 4. The fraction of sp³-hybridized carbons (Fsp3) is 0.143. The highest BCUT2D eigenvalue weighted by atomic mass is 35.5. The van der Waals surface area contributed by atoms with Gasteiger partial charge in [-0.3, -0.25) is 9.20 Å².